The van der Waals surface area contributed by atoms with Crippen LogP contribution in [-0.4, -0.2) is 25.5 Å². The van der Waals surface area contributed by atoms with E-state index < -0.39 is 0 Å². The normalized spacial score (nSPS) is 16.6. The van der Waals surface area contributed by atoms with Gasteiger partial charge in [-0.15, -0.1) is 0 Å². The van der Waals surface area contributed by atoms with Gasteiger partial charge in [0.1, 0.15) is 0 Å². The summed E-state index contributed by atoms with van der Waals surface area (Å²) in [6, 6.07) is 5.77. The largest absolute Gasteiger partial charge is 0.352 e. The summed E-state index contributed by atoms with van der Waals surface area (Å²) in [6.45, 7) is 4.90. The zero-order valence-electron chi connectivity index (χ0n) is 10.6. The van der Waals surface area contributed by atoms with E-state index in [-0.39, 0.29) is 5.91 Å². The molecule has 1 heterocycles. The predicted octanol–water partition coefficient (Wildman–Crippen LogP) is 2.49. The first-order chi connectivity index (χ1) is 8.68. The fourth-order valence-corrected chi connectivity index (χ4v) is 2.69. The summed E-state index contributed by atoms with van der Waals surface area (Å²) in [5.74, 6) is 0.628. The summed E-state index contributed by atoms with van der Waals surface area (Å²) in [5.41, 5.74) is 1.81. The Morgan fingerprint density at radius 3 is 2.89 bits per heavy atom. The molecule has 1 aromatic rings. The topological polar surface area (TPSA) is 41.1 Å². The van der Waals surface area contributed by atoms with Gasteiger partial charge >= 0.3 is 0 Å². The number of piperidine rings is 1. The van der Waals surface area contributed by atoms with Gasteiger partial charge in [-0.05, 0) is 66.3 Å². The van der Waals surface area contributed by atoms with Crippen LogP contribution in [0.25, 0.3) is 0 Å². The highest BCUT2D eigenvalue weighted by molar-refractivity contribution is 9.10. The molecule has 2 N–H and O–H groups in total. The van der Waals surface area contributed by atoms with E-state index in [1.165, 1.54) is 0 Å². The van der Waals surface area contributed by atoms with Gasteiger partial charge in [0.2, 0.25) is 0 Å². The Morgan fingerprint density at radius 2 is 2.17 bits per heavy atom. The van der Waals surface area contributed by atoms with Gasteiger partial charge in [0.05, 0.1) is 5.56 Å². The van der Waals surface area contributed by atoms with E-state index in [0.29, 0.717) is 5.92 Å². The molecule has 1 aliphatic heterocycles. The van der Waals surface area contributed by atoms with Crippen LogP contribution in [0.5, 0.6) is 0 Å². The van der Waals surface area contributed by atoms with Gasteiger partial charge in [0, 0.05) is 11.0 Å². The van der Waals surface area contributed by atoms with Gasteiger partial charge in [0.25, 0.3) is 5.91 Å². The monoisotopic (exact) mass is 310 g/mol. The number of rotatable bonds is 3. The molecule has 0 saturated carbocycles. The summed E-state index contributed by atoms with van der Waals surface area (Å²) < 4.78 is 0.896. The Kier molecular flexibility index (Phi) is 4.78. The molecule has 3 nitrogen and oxygen atoms in total. The summed E-state index contributed by atoms with van der Waals surface area (Å²) >= 11 is 3.48. The van der Waals surface area contributed by atoms with Gasteiger partial charge < -0.3 is 10.6 Å². The molecule has 1 fully saturated rings. The fraction of sp³-hybridized carbons (Fsp3) is 0.500. The summed E-state index contributed by atoms with van der Waals surface area (Å²) in [7, 11) is 0. The lowest BCUT2D eigenvalue weighted by Gasteiger charge is -2.22. The lowest BCUT2D eigenvalue weighted by atomic mass is 9.98. The van der Waals surface area contributed by atoms with Crippen LogP contribution >= 0.6 is 15.9 Å². The molecule has 2 rings (SSSR count). The number of amides is 1. The number of aryl methyl sites for hydroxylation is 1. The lowest BCUT2D eigenvalue weighted by Crippen LogP contribution is -2.36. The van der Waals surface area contributed by atoms with Crippen molar-refractivity contribution in [2.24, 2.45) is 5.92 Å². The maximum absolute atomic E-state index is 12.1. The SMILES string of the molecule is Cc1cccc(C(=O)NCC2CCNCC2)c1Br. The molecule has 0 radical (unpaired) electrons. The number of hydrogen-bond donors (Lipinski definition) is 2. The van der Waals surface area contributed by atoms with Gasteiger partial charge in [-0.25, -0.2) is 0 Å². The van der Waals surface area contributed by atoms with Gasteiger partial charge in [-0.1, -0.05) is 12.1 Å². The van der Waals surface area contributed by atoms with Crippen molar-refractivity contribution in [2.75, 3.05) is 19.6 Å². The second kappa shape index (κ2) is 6.34. The van der Waals surface area contributed by atoms with Crippen LogP contribution in [0.15, 0.2) is 22.7 Å². The average Bonchev–Trinajstić information content (AvgIpc) is 2.40. The van der Waals surface area contributed by atoms with E-state index in [1.54, 1.807) is 0 Å². The van der Waals surface area contributed by atoms with E-state index in [0.717, 1.165) is 48.1 Å². The molecule has 0 spiro atoms. The first kappa shape index (κ1) is 13.6. The molecule has 0 aliphatic carbocycles. The molecular formula is C14H19BrN2O. The highest BCUT2D eigenvalue weighted by Gasteiger charge is 2.16. The van der Waals surface area contributed by atoms with Crippen molar-refractivity contribution in [3.63, 3.8) is 0 Å². The molecule has 18 heavy (non-hydrogen) atoms. The van der Waals surface area contributed by atoms with Crippen molar-refractivity contribution < 1.29 is 4.79 Å². The van der Waals surface area contributed by atoms with Crippen molar-refractivity contribution in [1.29, 1.82) is 0 Å². The van der Waals surface area contributed by atoms with E-state index in [9.17, 15) is 4.79 Å². The number of carbonyl (C=O) groups is 1. The minimum atomic E-state index is 0.0177. The summed E-state index contributed by atoms with van der Waals surface area (Å²) in [5, 5.41) is 6.37. The van der Waals surface area contributed by atoms with Gasteiger partial charge in [0.15, 0.2) is 0 Å². The summed E-state index contributed by atoms with van der Waals surface area (Å²) in [4.78, 5) is 12.1. The molecule has 1 aromatic carbocycles. The Labute approximate surface area is 116 Å². The van der Waals surface area contributed by atoms with Crippen molar-refractivity contribution in [2.45, 2.75) is 19.8 Å². The molecule has 98 valence electrons. The average molecular weight is 311 g/mol. The van der Waals surface area contributed by atoms with Crippen molar-refractivity contribution >= 4 is 21.8 Å². The second-order valence-corrected chi connectivity index (χ2v) is 5.63. The first-order valence-electron chi connectivity index (χ1n) is 6.42. The van der Waals surface area contributed by atoms with Gasteiger partial charge in [-0.3, -0.25) is 4.79 Å². The van der Waals surface area contributed by atoms with Gasteiger partial charge in [-0.2, -0.15) is 0 Å². The molecule has 4 heteroatoms. The molecule has 1 aliphatic rings. The van der Waals surface area contributed by atoms with Crippen molar-refractivity contribution in [1.82, 2.24) is 10.6 Å². The van der Waals surface area contributed by atoms with E-state index >= 15 is 0 Å². The number of benzene rings is 1. The minimum absolute atomic E-state index is 0.0177. The maximum atomic E-state index is 12.1. The fourth-order valence-electron chi connectivity index (χ4n) is 2.24. The summed E-state index contributed by atoms with van der Waals surface area (Å²) in [6.07, 6.45) is 2.30. The smallest absolute Gasteiger partial charge is 0.252 e. The zero-order chi connectivity index (χ0) is 13.0. The van der Waals surface area contributed by atoms with E-state index in [1.807, 2.05) is 25.1 Å². The standard InChI is InChI=1S/C14H19BrN2O/c1-10-3-2-4-12(13(10)15)14(18)17-9-11-5-7-16-8-6-11/h2-4,11,16H,5-9H2,1H3,(H,17,18). The maximum Gasteiger partial charge on any atom is 0.252 e. The quantitative estimate of drug-likeness (QED) is 0.900. The molecule has 0 bridgehead atoms. The molecule has 0 atom stereocenters. The van der Waals surface area contributed by atoms with E-state index in [4.69, 9.17) is 0 Å². The van der Waals surface area contributed by atoms with Crippen LogP contribution < -0.4 is 10.6 Å². The Hall–Kier alpha value is -0.870. The Morgan fingerprint density at radius 1 is 1.44 bits per heavy atom. The Balaban J connectivity index is 1.93. The number of carbonyl (C=O) groups excluding carboxylic acids is 1. The van der Waals surface area contributed by atoms with E-state index in [2.05, 4.69) is 26.6 Å². The number of halogens is 1. The molecule has 1 amide bonds. The molecule has 1 saturated heterocycles. The Bertz CT molecular complexity index is 428. The number of hydrogen-bond acceptors (Lipinski definition) is 2. The van der Waals surface area contributed by atoms with Crippen LogP contribution in [0.3, 0.4) is 0 Å². The predicted molar refractivity (Wildman–Crippen MR) is 76.8 cm³/mol. The van der Waals surface area contributed by atoms with Crippen LogP contribution in [-0.2, 0) is 0 Å². The van der Waals surface area contributed by atoms with Crippen LogP contribution in [0, 0.1) is 12.8 Å². The highest BCUT2D eigenvalue weighted by atomic mass is 79.9. The first-order valence-corrected chi connectivity index (χ1v) is 7.22. The van der Waals surface area contributed by atoms with Crippen molar-refractivity contribution in [3.05, 3.63) is 33.8 Å². The van der Waals surface area contributed by atoms with Crippen LogP contribution in [0.4, 0.5) is 0 Å². The van der Waals surface area contributed by atoms with Crippen LogP contribution in [0.1, 0.15) is 28.8 Å². The third-order valence-electron chi connectivity index (χ3n) is 3.45. The van der Waals surface area contributed by atoms with Crippen molar-refractivity contribution in [3.8, 4) is 0 Å². The third-order valence-corrected chi connectivity index (χ3v) is 4.50. The molecule has 0 aromatic heterocycles. The number of nitrogens with one attached hydrogen (secondary N) is 2. The van der Waals surface area contributed by atoms with Crippen LogP contribution in [0.2, 0.25) is 0 Å². The lowest BCUT2D eigenvalue weighted by molar-refractivity contribution is 0.0943. The second-order valence-electron chi connectivity index (χ2n) is 4.84. The third kappa shape index (κ3) is 3.33. The molecule has 0 unspecified atom stereocenters. The minimum Gasteiger partial charge on any atom is -0.352 e. The highest BCUT2D eigenvalue weighted by Crippen LogP contribution is 2.21. The molecular weight excluding hydrogens is 292 g/mol. The zero-order valence-corrected chi connectivity index (χ0v) is 12.2.